The second-order valence-electron chi connectivity index (χ2n) is 19.1. The monoisotopic (exact) mass is 1030 g/mol. The van der Waals surface area contributed by atoms with Gasteiger partial charge >= 0.3 is 11.0 Å². The van der Waals surface area contributed by atoms with Crippen molar-refractivity contribution in [3.05, 3.63) is 4.13 Å². The van der Waals surface area contributed by atoms with Crippen LogP contribution in [0.4, 0.5) is 26.3 Å². The number of unbranched alkanes of at least 4 members (excludes halogenated alkanes) is 30. The standard InChI is InChI=1S/C48H102NP2.C2F6NO4S2/c1-7-13-19-25-31-37-43-50(44-38-32-26-20-14-8-2,45-39-33-27-21-15-9-3)49-51(46-40-34-28-22-16-10-4,47-41-35-29-23-17-11-5)48-42-36-30-24-18-12-6;3-1(4,5)14(10,11)9-15(12,13)2(6,7)8/h7-48H2,1-6H3;/q+1;-1. The van der Waals surface area contributed by atoms with Crippen LogP contribution in [-0.2, 0) is 20.0 Å². The minimum Gasteiger partial charge on any atom is -0.421 e. The summed E-state index contributed by atoms with van der Waals surface area (Å²) in [6.07, 6.45) is 61.2. The van der Waals surface area contributed by atoms with Crippen LogP contribution < -0.4 is 4.17 Å². The van der Waals surface area contributed by atoms with Crippen molar-refractivity contribution >= 4 is 34.2 Å². The molecule has 0 spiro atoms. The SMILES string of the molecule is CCCCCCCCP(CCCCCCCC)(CCCCCCCC)=[N+]=P(CCCCCCCC)(CCCCCCCC)CCCCCCCC.O=S(=O)([N-]S(=O)(=O)C(F)(F)F)C(F)(F)F. The Morgan fingerprint density at radius 2 is 0.455 bits per heavy atom. The van der Waals surface area contributed by atoms with E-state index in [1.807, 2.05) is 0 Å². The van der Waals surface area contributed by atoms with E-state index in [1.54, 1.807) is 0 Å². The highest BCUT2D eigenvalue weighted by molar-refractivity contribution is 8.13. The van der Waals surface area contributed by atoms with Crippen LogP contribution in [0, 0.1) is 0 Å². The van der Waals surface area contributed by atoms with Gasteiger partial charge in [0.05, 0.1) is 0 Å². The van der Waals surface area contributed by atoms with E-state index in [2.05, 4.69) is 41.5 Å². The molecule has 0 aliphatic rings. The van der Waals surface area contributed by atoms with Crippen molar-refractivity contribution in [1.82, 2.24) is 4.17 Å². The second-order valence-corrected chi connectivity index (χ2v) is 30.3. The fraction of sp³-hybridized carbons (Fsp3) is 1.00. The highest BCUT2D eigenvalue weighted by Crippen LogP contribution is 2.56. The highest BCUT2D eigenvalue weighted by atomic mass is 32.3. The summed E-state index contributed by atoms with van der Waals surface area (Å²) in [5, 5.41) is 0. The van der Waals surface area contributed by atoms with Gasteiger partial charge in [0.1, 0.15) is 0 Å². The molecule has 66 heavy (non-hydrogen) atoms. The molecule has 0 rings (SSSR count). The topological polar surface area (TPSA) is 96.5 Å². The summed E-state index contributed by atoms with van der Waals surface area (Å²) in [4.78, 5) is 0. The van der Waals surface area contributed by atoms with E-state index in [9.17, 15) is 43.2 Å². The van der Waals surface area contributed by atoms with Crippen LogP contribution in [0.15, 0.2) is 0 Å². The second kappa shape index (κ2) is 41.6. The van der Waals surface area contributed by atoms with Crippen LogP contribution in [0.5, 0.6) is 0 Å². The summed E-state index contributed by atoms with van der Waals surface area (Å²) in [5.41, 5.74) is -12.4. The number of sulfonamides is 2. The van der Waals surface area contributed by atoms with Crippen LogP contribution in [-0.4, -0.2) is 64.8 Å². The van der Waals surface area contributed by atoms with Gasteiger partial charge in [-0.05, 0) is 38.5 Å². The summed E-state index contributed by atoms with van der Waals surface area (Å²) in [7, 11) is -16.1. The number of halogens is 6. The smallest absolute Gasteiger partial charge is 0.421 e. The molecule has 0 heterocycles. The molecular weight excluding hydrogens is 933 g/mol. The Bertz CT molecular complexity index is 1270. The van der Waals surface area contributed by atoms with E-state index in [1.165, 1.54) is 268 Å². The van der Waals surface area contributed by atoms with E-state index in [0.29, 0.717) is 0 Å². The van der Waals surface area contributed by atoms with Gasteiger partial charge in [0, 0.05) is 37.0 Å². The van der Waals surface area contributed by atoms with Crippen molar-refractivity contribution in [3.63, 3.8) is 0 Å². The number of rotatable bonds is 44. The summed E-state index contributed by atoms with van der Waals surface area (Å²) in [6, 6.07) is 0. The first kappa shape index (κ1) is 68.1. The molecule has 16 heteroatoms. The van der Waals surface area contributed by atoms with Crippen LogP contribution in [0.1, 0.15) is 273 Å². The fourth-order valence-corrected chi connectivity index (χ4v) is 22.0. The van der Waals surface area contributed by atoms with Crippen molar-refractivity contribution in [1.29, 1.82) is 0 Å². The van der Waals surface area contributed by atoms with Gasteiger partial charge in [-0.3, -0.25) is 0 Å². The van der Waals surface area contributed by atoms with Gasteiger partial charge < -0.3 is 4.13 Å². The van der Waals surface area contributed by atoms with Crippen molar-refractivity contribution in [2.24, 2.45) is 0 Å². The van der Waals surface area contributed by atoms with Crippen LogP contribution >= 0.6 is 14.1 Å². The maximum absolute atomic E-state index is 11.4. The first-order chi connectivity index (χ1) is 31.3. The molecule has 0 aliphatic carbocycles. The van der Waals surface area contributed by atoms with Crippen LogP contribution in [0.3, 0.4) is 0 Å². The van der Waals surface area contributed by atoms with Crippen molar-refractivity contribution in [3.8, 4) is 0 Å². The lowest BCUT2D eigenvalue weighted by molar-refractivity contribution is -0.0444. The minimum absolute atomic E-state index is 0.778. The van der Waals surface area contributed by atoms with Gasteiger partial charge in [-0.2, -0.15) is 30.5 Å². The lowest BCUT2D eigenvalue weighted by atomic mass is 10.1. The third-order valence-corrected chi connectivity index (χ3v) is 25.4. The Hall–Kier alpha value is 0.0100. The predicted molar refractivity (Wildman–Crippen MR) is 279 cm³/mol. The number of hydrogen-bond donors (Lipinski definition) is 0. The van der Waals surface area contributed by atoms with Gasteiger partial charge in [-0.15, -0.1) is 0 Å². The molecule has 0 saturated carbocycles. The van der Waals surface area contributed by atoms with Crippen molar-refractivity contribution in [2.45, 2.75) is 284 Å². The predicted octanol–water partition coefficient (Wildman–Crippen LogP) is 19.7. The van der Waals surface area contributed by atoms with Gasteiger partial charge in [-0.1, -0.05) is 234 Å². The van der Waals surface area contributed by atoms with E-state index < -0.39 is 45.2 Å². The molecule has 0 unspecified atom stereocenters. The number of hydrogen-bond acceptors (Lipinski definition) is 4. The molecule has 0 atom stereocenters. The molecule has 0 radical (unpaired) electrons. The zero-order chi connectivity index (χ0) is 50.1. The Morgan fingerprint density at radius 1 is 0.303 bits per heavy atom. The van der Waals surface area contributed by atoms with Gasteiger partial charge in [0.25, 0.3) is 0 Å². The van der Waals surface area contributed by atoms with Crippen LogP contribution in [0.2, 0.25) is 0 Å². The van der Waals surface area contributed by atoms with E-state index >= 15 is 0 Å². The Labute approximate surface area is 404 Å². The van der Waals surface area contributed by atoms with Gasteiger partial charge in [0.2, 0.25) is 14.1 Å². The largest absolute Gasteiger partial charge is 0.480 e. The first-order valence-corrected chi connectivity index (χ1v) is 34.6. The quantitative estimate of drug-likeness (QED) is 0.0263. The highest BCUT2D eigenvalue weighted by Gasteiger charge is 2.47. The molecule has 0 saturated heterocycles. The summed E-state index contributed by atoms with van der Waals surface area (Å²) in [6.45, 7) is 14.2. The molecule has 400 valence electrons. The zero-order valence-corrected chi connectivity index (χ0v) is 46.6. The molecule has 0 aromatic carbocycles. The Balaban J connectivity index is 0. The minimum atomic E-state index is -6.72. The average Bonchev–Trinajstić information content (AvgIpc) is 3.24. The van der Waals surface area contributed by atoms with E-state index in [-0.39, 0.29) is 0 Å². The Kier molecular flexibility index (Phi) is 42.9. The summed E-state index contributed by atoms with van der Waals surface area (Å²) >= 11 is 0. The summed E-state index contributed by atoms with van der Waals surface area (Å²) < 4.78 is 116. The summed E-state index contributed by atoms with van der Waals surface area (Å²) in [5.74, 6) is 0. The van der Waals surface area contributed by atoms with E-state index in [4.69, 9.17) is 4.17 Å². The fourth-order valence-electron chi connectivity index (χ4n) is 8.67. The molecule has 6 nitrogen and oxygen atoms in total. The third kappa shape index (κ3) is 36.0. The maximum atomic E-state index is 11.4. The lowest BCUT2D eigenvalue weighted by Gasteiger charge is -2.22. The van der Waals surface area contributed by atoms with Crippen molar-refractivity contribution in [2.75, 3.05) is 37.0 Å². The lowest BCUT2D eigenvalue weighted by Crippen LogP contribution is -2.30. The molecule has 0 aliphatic heterocycles. The third-order valence-electron chi connectivity index (χ3n) is 12.7. The number of nitrogens with zero attached hydrogens (tertiary/aromatic N) is 2. The van der Waals surface area contributed by atoms with E-state index in [0.717, 1.165) is 4.13 Å². The molecule has 0 aromatic heterocycles. The zero-order valence-electron chi connectivity index (χ0n) is 43.2. The molecule has 0 aromatic rings. The van der Waals surface area contributed by atoms with Crippen LogP contribution in [0.25, 0.3) is 4.13 Å². The van der Waals surface area contributed by atoms with Gasteiger partial charge in [0.15, 0.2) is 20.0 Å². The normalized spacial score (nSPS) is 12.9. The Morgan fingerprint density at radius 3 is 0.606 bits per heavy atom. The van der Waals surface area contributed by atoms with Gasteiger partial charge in [-0.25, -0.2) is 16.8 Å². The molecule has 0 bridgehead atoms. The molecule has 0 amide bonds. The first-order valence-electron chi connectivity index (χ1n) is 27.1. The number of alkyl halides is 6. The molecule has 0 fully saturated rings. The average molecular weight is 1040 g/mol. The molecule has 0 N–H and O–H groups in total. The molecular formula is C50H102F6N2O4P2S2. The van der Waals surface area contributed by atoms with Crippen molar-refractivity contribution < 1.29 is 43.2 Å². The maximum Gasteiger partial charge on any atom is 0.480 e.